The molecule has 0 spiro atoms. The quantitative estimate of drug-likeness (QED) is 0.853. The van der Waals surface area contributed by atoms with Crippen molar-refractivity contribution in [3.05, 3.63) is 35.7 Å². The molecule has 7 heteroatoms. The van der Waals surface area contributed by atoms with Gasteiger partial charge in [0.05, 0.1) is 0 Å². The molecular weight excluding hydrogens is 297 g/mol. The van der Waals surface area contributed by atoms with Crippen LogP contribution in [0.2, 0.25) is 0 Å². The highest BCUT2D eigenvalue weighted by Gasteiger charge is 2.32. The minimum absolute atomic E-state index is 0.336. The van der Waals surface area contributed by atoms with Gasteiger partial charge in [0.25, 0.3) is 0 Å². The molecule has 1 aromatic rings. The first-order chi connectivity index (χ1) is 10.1. The van der Waals surface area contributed by atoms with Gasteiger partial charge >= 0.3 is 12.3 Å². The number of hydrogen-bond acceptors (Lipinski definition) is 3. The number of alkyl halides is 3. The number of rotatable bonds is 4. The Morgan fingerprint density at radius 1 is 1.36 bits per heavy atom. The molecule has 1 aromatic heterocycles. The van der Waals surface area contributed by atoms with E-state index >= 15 is 0 Å². The molecule has 0 aliphatic heterocycles. The summed E-state index contributed by atoms with van der Waals surface area (Å²) in [4.78, 5) is 14.6. The second kappa shape index (κ2) is 7.29. The first kappa shape index (κ1) is 18.0. The molecule has 0 radical (unpaired) electrons. The van der Waals surface area contributed by atoms with E-state index in [-0.39, 0.29) is 0 Å². The van der Waals surface area contributed by atoms with Crippen molar-refractivity contribution in [2.45, 2.75) is 39.0 Å². The fraction of sp³-hybridized carbons (Fsp3) is 0.467. The second-order valence-corrected chi connectivity index (χ2v) is 5.59. The van der Waals surface area contributed by atoms with E-state index in [9.17, 15) is 18.0 Å². The van der Waals surface area contributed by atoms with Crippen LogP contribution in [-0.4, -0.2) is 23.2 Å². The molecular formula is C15H19F3N2O2. The zero-order valence-corrected chi connectivity index (χ0v) is 12.7. The van der Waals surface area contributed by atoms with Crippen LogP contribution in [0.15, 0.2) is 24.4 Å². The van der Waals surface area contributed by atoms with Crippen molar-refractivity contribution in [3.63, 3.8) is 0 Å². The van der Waals surface area contributed by atoms with E-state index in [0.29, 0.717) is 18.5 Å². The van der Waals surface area contributed by atoms with Gasteiger partial charge in [-0.15, -0.1) is 0 Å². The largest absolute Gasteiger partial charge is 0.444 e. The smallest absolute Gasteiger partial charge is 0.433 e. The number of aromatic nitrogens is 1. The topological polar surface area (TPSA) is 51.2 Å². The molecule has 0 atom stereocenters. The number of nitrogens with one attached hydrogen (secondary N) is 1. The Morgan fingerprint density at radius 3 is 2.64 bits per heavy atom. The SMILES string of the molecule is CC(C)(C)OC(=O)NCCC=Cc1ccnc(C(F)(F)F)c1. The minimum atomic E-state index is -4.46. The van der Waals surface area contributed by atoms with Gasteiger partial charge in [0.1, 0.15) is 11.3 Å². The molecule has 0 saturated carbocycles. The van der Waals surface area contributed by atoms with E-state index in [1.807, 2.05) is 0 Å². The fourth-order valence-corrected chi connectivity index (χ4v) is 1.50. The summed E-state index contributed by atoms with van der Waals surface area (Å²) in [6.07, 6.45) is -0.170. The summed E-state index contributed by atoms with van der Waals surface area (Å²) in [6, 6.07) is 2.45. The Kier molecular flexibility index (Phi) is 5.96. The van der Waals surface area contributed by atoms with Crippen LogP contribution in [0.5, 0.6) is 0 Å². The molecule has 0 fully saturated rings. The molecule has 0 aromatic carbocycles. The Labute approximate surface area is 127 Å². The number of pyridine rings is 1. The van der Waals surface area contributed by atoms with Gasteiger partial charge in [0.15, 0.2) is 0 Å². The molecule has 0 aliphatic carbocycles. The standard InChI is InChI=1S/C15H19F3N2O2/c1-14(2,3)22-13(21)20-8-5-4-6-11-7-9-19-12(10-11)15(16,17)18/h4,6-7,9-10H,5,8H2,1-3H3,(H,20,21). The lowest BCUT2D eigenvalue weighted by Gasteiger charge is -2.19. The lowest BCUT2D eigenvalue weighted by atomic mass is 10.2. The highest BCUT2D eigenvalue weighted by molar-refractivity contribution is 5.67. The van der Waals surface area contributed by atoms with Crippen molar-refractivity contribution in [1.82, 2.24) is 10.3 Å². The summed E-state index contributed by atoms with van der Waals surface area (Å²) in [6.45, 7) is 5.61. The highest BCUT2D eigenvalue weighted by atomic mass is 19.4. The maximum Gasteiger partial charge on any atom is 0.433 e. The van der Waals surface area contributed by atoms with Crippen molar-refractivity contribution in [2.24, 2.45) is 0 Å². The maximum atomic E-state index is 12.5. The summed E-state index contributed by atoms with van der Waals surface area (Å²) in [5.41, 5.74) is -1.09. The number of hydrogen-bond donors (Lipinski definition) is 1. The predicted molar refractivity (Wildman–Crippen MR) is 77.1 cm³/mol. The Morgan fingerprint density at radius 2 is 2.05 bits per heavy atom. The fourth-order valence-electron chi connectivity index (χ4n) is 1.50. The number of carbonyl (C=O) groups is 1. The average Bonchev–Trinajstić information content (AvgIpc) is 2.35. The molecule has 122 valence electrons. The van der Waals surface area contributed by atoms with E-state index in [1.54, 1.807) is 32.9 Å². The maximum absolute atomic E-state index is 12.5. The molecule has 4 nitrogen and oxygen atoms in total. The molecule has 1 N–H and O–H groups in total. The van der Waals surface area contributed by atoms with E-state index < -0.39 is 23.6 Å². The second-order valence-electron chi connectivity index (χ2n) is 5.59. The normalized spacial score (nSPS) is 12.5. The third kappa shape index (κ3) is 7.10. The number of amides is 1. The monoisotopic (exact) mass is 316 g/mol. The number of ether oxygens (including phenoxy) is 1. The highest BCUT2D eigenvalue weighted by Crippen LogP contribution is 2.27. The molecule has 0 aliphatic rings. The van der Waals surface area contributed by atoms with Gasteiger partial charge < -0.3 is 10.1 Å². The number of carbonyl (C=O) groups excluding carboxylic acids is 1. The van der Waals surface area contributed by atoms with Crippen LogP contribution in [0.3, 0.4) is 0 Å². The van der Waals surface area contributed by atoms with Crippen molar-refractivity contribution >= 4 is 12.2 Å². The van der Waals surface area contributed by atoms with Crippen molar-refractivity contribution in [1.29, 1.82) is 0 Å². The van der Waals surface area contributed by atoms with Gasteiger partial charge in [-0.05, 0) is 44.9 Å². The number of halogens is 3. The zero-order chi connectivity index (χ0) is 16.8. The minimum Gasteiger partial charge on any atom is -0.444 e. The van der Waals surface area contributed by atoms with Crippen LogP contribution in [0.25, 0.3) is 6.08 Å². The summed E-state index contributed by atoms with van der Waals surface area (Å²) in [7, 11) is 0. The van der Waals surface area contributed by atoms with Gasteiger partial charge in [-0.25, -0.2) is 4.79 Å². The third-order valence-corrected chi connectivity index (χ3v) is 2.36. The van der Waals surface area contributed by atoms with Crippen molar-refractivity contribution in [3.8, 4) is 0 Å². The van der Waals surface area contributed by atoms with Gasteiger partial charge in [-0.2, -0.15) is 13.2 Å². The number of nitrogens with zero attached hydrogens (tertiary/aromatic N) is 1. The predicted octanol–water partition coefficient (Wildman–Crippen LogP) is 4.03. The van der Waals surface area contributed by atoms with Crippen LogP contribution in [0.4, 0.5) is 18.0 Å². The van der Waals surface area contributed by atoms with Crippen LogP contribution in [0, 0.1) is 0 Å². The van der Waals surface area contributed by atoms with Crippen molar-refractivity contribution < 1.29 is 22.7 Å². The molecule has 0 saturated heterocycles. The summed E-state index contributed by atoms with van der Waals surface area (Å²) in [5.74, 6) is 0. The van der Waals surface area contributed by atoms with Gasteiger partial charge in [0.2, 0.25) is 0 Å². The van der Waals surface area contributed by atoms with Crippen LogP contribution < -0.4 is 5.32 Å². The molecule has 1 amide bonds. The Balaban J connectivity index is 2.42. The van der Waals surface area contributed by atoms with Crippen LogP contribution >= 0.6 is 0 Å². The first-order valence-corrected chi connectivity index (χ1v) is 6.74. The van der Waals surface area contributed by atoms with Gasteiger partial charge in [0, 0.05) is 12.7 Å². The lowest BCUT2D eigenvalue weighted by Crippen LogP contribution is -2.32. The van der Waals surface area contributed by atoms with E-state index in [1.165, 1.54) is 6.07 Å². The molecule has 1 heterocycles. The van der Waals surface area contributed by atoms with E-state index in [4.69, 9.17) is 4.74 Å². The van der Waals surface area contributed by atoms with E-state index in [0.717, 1.165) is 12.3 Å². The summed E-state index contributed by atoms with van der Waals surface area (Å²) >= 11 is 0. The zero-order valence-electron chi connectivity index (χ0n) is 12.7. The Hall–Kier alpha value is -2.05. The number of alkyl carbamates (subject to hydrolysis) is 1. The third-order valence-electron chi connectivity index (χ3n) is 2.36. The van der Waals surface area contributed by atoms with E-state index in [2.05, 4.69) is 10.3 Å². The summed E-state index contributed by atoms with van der Waals surface area (Å²) in [5, 5.41) is 2.56. The molecule has 0 bridgehead atoms. The molecule has 0 unspecified atom stereocenters. The molecule has 22 heavy (non-hydrogen) atoms. The Bertz CT molecular complexity index is 534. The van der Waals surface area contributed by atoms with Crippen LogP contribution in [-0.2, 0) is 10.9 Å². The van der Waals surface area contributed by atoms with Gasteiger partial charge in [-0.3, -0.25) is 4.98 Å². The van der Waals surface area contributed by atoms with Crippen LogP contribution in [0.1, 0.15) is 38.4 Å². The first-order valence-electron chi connectivity index (χ1n) is 6.74. The van der Waals surface area contributed by atoms with Crippen molar-refractivity contribution in [2.75, 3.05) is 6.54 Å². The average molecular weight is 316 g/mol. The molecule has 1 rings (SSSR count). The van der Waals surface area contributed by atoms with Gasteiger partial charge in [-0.1, -0.05) is 12.2 Å². The summed E-state index contributed by atoms with van der Waals surface area (Å²) < 4.78 is 42.5. The lowest BCUT2D eigenvalue weighted by molar-refractivity contribution is -0.141.